The van der Waals surface area contributed by atoms with Gasteiger partial charge >= 0.3 is 0 Å². The van der Waals surface area contributed by atoms with E-state index in [1.54, 1.807) is 22.8 Å². The molecule has 1 aliphatic heterocycles. The molecule has 7 nitrogen and oxygen atoms in total. The number of aromatic nitrogens is 2. The van der Waals surface area contributed by atoms with Gasteiger partial charge in [0.2, 0.25) is 6.41 Å². The Balaban J connectivity index is 2.04. The standard InChI is InChI=1S/C15H23N5O2/c1-3-4-5-16-14-10-13(17-12(2)18-14)15(22)20-8-6-19(11-21)7-9-20/h10-11H,3-9H2,1-2H3,(H,16,17,18). The zero-order chi connectivity index (χ0) is 15.9. The Morgan fingerprint density at radius 1 is 1.32 bits per heavy atom. The molecule has 0 atom stereocenters. The Bertz CT molecular complexity index is 527. The quantitative estimate of drug-likeness (QED) is 0.624. The van der Waals surface area contributed by atoms with Crippen LogP contribution in [-0.2, 0) is 4.79 Å². The molecule has 0 bridgehead atoms. The second-order valence-corrected chi connectivity index (χ2v) is 5.40. The van der Waals surface area contributed by atoms with Gasteiger partial charge in [-0.25, -0.2) is 9.97 Å². The van der Waals surface area contributed by atoms with E-state index in [0.29, 0.717) is 43.5 Å². The molecular formula is C15H23N5O2. The summed E-state index contributed by atoms with van der Waals surface area (Å²) in [6.45, 7) is 6.96. The lowest BCUT2D eigenvalue weighted by Gasteiger charge is -2.32. The maximum atomic E-state index is 12.5. The summed E-state index contributed by atoms with van der Waals surface area (Å²) in [7, 11) is 0. The minimum absolute atomic E-state index is 0.102. The number of anilines is 1. The summed E-state index contributed by atoms with van der Waals surface area (Å²) < 4.78 is 0. The topological polar surface area (TPSA) is 78.4 Å². The van der Waals surface area contributed by atoms with Crippen LogP contribution in [0.5, 0.6) is 0 Å². The summed E-state index contributed by atoms with van der Waals surface area (Å²) in [5, 5.41) is 3.22. The molecule has 0 radical (unpaired) electrons. The summed E-state index contributed by atoms with van der Waals surface area (Å²) in [5.41, 5.74) is 0.408. The van der Waals surface area contributed by atoms with Crippen molar-refractivity contribution in [1.82, 2.24) is 19.8 Å². The number of nitrogens with one attached hydrogen (secondary N) is 1. The van der Waals surface area contributed by atoms with E-state index in [1.165, 1.54) is 0 Å². The highest BCUT2D eigenvalue weighted by Gasteiger charge is 2.22. The van der Waals surface area contributed by atoms with Crippen molar-refractivity contribution in [3.05, 3.63) is 17.6 Å². The summed E-state index contributed by atoms with van der Waals surface area (Å²) >= 11 is 0. The van der Waals surface area contributed by atoms with Gasteiger partial charge in [0.15, 0.2) is 0 Å². The summed E-state index contributed by atoms with van der Waals surface area (Å²) in [6.07, 6.45) is 2.98. The van der Waals surface area contributed by atoms with E-state index in [9.17, 15) is 9.59 Å². The first kappa shape index (κ1) is 16.2. The van der Waals surface area contributed by atoms with Crippen LogP contribution < -0.4 is 5.32 Å². The highest BCUT2D eigenvalue weighted by atomic mass is 16.2. The van der Waals surface area contributed by atoms with E-state index in [0.717, 1.165) is 25.8 Å². The number of amides is 2. The fourth-order valence-corrected chi connectivity index (χ4v) is 2.35. The molecule has 120 valence electrons. The molecule has 2 amide bonds. The Morgan fingerprint density at radius 3 is 2.68 bits per heavy atom. The van der Waals surface area contributed by atoms with Gasteiger partial charge in [-0.15, -0.1) is 0 Å². The molecule has 1 N–H and O–H groups in total. The molecule has 0 spiro atoms. The van der Waals surface area contributed by atoms with Crippen molar-refractivity contribution in [3.63, 3.8) is 0 Å². The summed E-state index contributed by atoms with van der Waals surface area (Å²) in [4.78, 5) is 35.2. The minimum Gasteiger partial charge on any atom is -0.370 e. The molecule has 2 rings (SSSR count). The monoisotopic (exact) mass is 305 g/mol. The highest BCUT2D eigenvalue weighted by Crippen LogP contribution is 2.11. The first-order chi connectivity index (χ1) is 10.6. The Labute approximate surface area is 130 Å². The number of piperazine rings is 1. The molecule has 2 heterocycles. The van der Waals surface area contributed by atoms with Crippen LogP contribution >= 0.6 is 0 Å². The van der Waals surface area contributed by atoms with Crippen molar-refractivity contribution in [2.75, 3.05) is 38.0 Å². The van der Waals surface area contributed by atoms with Gasteiger partial charge in [0, 0.05) is 38.8 Å². The third kappa shape index (κ3) is 4.16. The Kier molecular flexibility index (Phi) is 5.68. The lowest BCUT2D eigenvalue weighted by molar-refractivity contribution is -0.119. The normalized spacial score (nSPS) is 14.8. The molecule has 0 unspecified atom stereocenters. The van der Waals surface area contributed by atoms with Gasteiger partial charge in [0.1, 0.15) is 17.3 Å². The smallest absolute Gasteiger partial charge is 0.272 e. The number of nitrogens with zero attached hydrogens (tertiary/aromatic N) is 4. The fraction of sp³-hybridized carbons (Fsp3) is 0.600. The molecule has 7 heteroatoms. The average molecular weight is 305 g/mol. The maximum Gasteiger partial charge on any atom is 0.272 e. The lowest BCUT2D eigenvalue weighted by Crippen LogP contribution is -2.48. The van der Waals surface area contributed by atoms with Gasteiger partial charge in [-0.2, -0.15) is 0 Å². The van der Waals surface area contributed by atoms with Crippen LogP contribution in [0.4, 0.5) is 5.82 Å². The molecule has 1 aromatic rings. The highest BCUT2D eigenvalue weighted by molar-refractivity contribution is 5.93. The number of rotatable bonds is 6. The van der Waals surface area contributed by atoms with E-state index >= 15 is 0 Å². The van der Waals surface area contributed by atoms with Crippen molar-refractivity contribution in [3.8, 4) is 0 Å². The second-order valence-electron chi connectivity index (χ2n) is 5.40. The SMILES string of the molecule is CCCCNc1cc(C(=O)N2CCN(C=O)CC2)nc(C)n1. The van der Waals surface area contributed by atoms with E-state index in [1.807, 2.05) is 0 Å². The fourth-order valence-electron chi connectivity index (χ4n) is 2.35. The number of carbonyl (C=O) groups excluding carboxylic acids is 2. The Hall–Kier alpha value is -2.18. The lowest BCUT2D eigenvalue weighted by atomic mass is 10.2. The van der Waals surface area contributed by atoms with Crippen LogP contribution in [-0.4, -0.2) is 64.8 Å². The van der Waals surface area contributed by atoms with Crippen molar-refractivity contribution in [1.29, 1.82) is 0 Å². The summed E-state index contributed by atoms with van der Waals surface area (Å²) in [6, 6.07) is 1.71. The zero-order valence-corrected chi connectivity index (χ0v) is 13.2. The van der Waals surface area contributed by atoms with Gasteiger partial charge in [0.25, 0.3) is 5.91 Å². The van der Waals surface area contributed by atoms with E-state index < -0.39 is 0 Å². The van der Waals surface area contributed by atoms with Crippen LogP contribution in [0.25, 0.3) is 0 Å². The predicted octanol–water partition coefficient (Wildman–Crippen LogP) is 0.911. The van der Waals surface area contributed by atoms with E-state index in [-0.39, 0.29) is 5.91 Å². The molecule has 1 aromatic heterocycles. The van der Waals surface area contributed by atoms with Crippen LogP contribution in [0.1, 0.15) is 36.1 Å². The van der Waals surface area contributed by atoms with Crippen LogP contribution in [0.3, 0.4) is 0 Å². The van der Waals surface area contributed by atoms with Crippen molar-refractivity contribution >= 4 is 18.1 Å². The first-order valence-corrected chi connectivity index (χ1v) is 7.72. The summed E-state index contributed by atoms with van der Waals surface area (Å²) in [5.74, 6) is 1.17. The first-order valence-electron chi connectivity index (χ1n) is 7.72. The molecule has 0 aliphatic carbocycles. The van der Waals surface area contributed by atoms with Gasteiger partial charge in [-0.3, -0.25) is 9.59 Å². The third-order valence-electron chi connectivity index (χ3n) is 3.64. The molecule has 0 aromatic carbocycles. The molecule has 1 saturated heterocycles. The predicted molar refractivity (Wildman–Crippen MR) is 83.7 cm³/mol. The molecular weight excluding hydrogens is 282 g/mol. The van der Waals surface area contributed by atoms with Crippen LogP contribution in [0, 0.1) is 6.92 Å². The van der Waals surface area contributed by atoms with Crippen LogP contribution in [0.2, 0.25) is 0 Å². The molecule has 1 fully saturated rings. The second kappa shape index (κ2) is 7.72. The van der Waals surface area contributed by atoms with Crippen molar-refractivity contribution < 1.29 is 9.59 Å². The van der Waals surface area contributed by atoms with Crippen molar-refractivity contribution in [2.24, 2.45) is 0 Å². The van der Waals surface area contributed by atoms with Gasteiger partial charge in [-0.1, -0.05) is 13.3 Å². The zero-order valence-electron chi connectivity index (χ0n) is 13.2. The number of hydrogen-bond acceptors (Lipinski definition) is 5. The number of unbranched alkanes of at least 4 members (excludes halogenated alkanes) is 1. The molecule has 22 heavy (non-hydrogen) atoms. The minimum atomic E-state index is -0.102. The third-order valence-corrected chi connectivity index (χ3v) is 3.64. The average Bonchev–Trinajstić information content (AvgIpc) is 2.54. The van der Waals surface area contributed by atoms with Gasteiger partial charge in [0.05, 0.1) is 0 Å². The number of hydrogen-bond donors (Lipinski definition) is 1. The van der Waals surface area contributed by atoms with Crippen LogP contribution in [0.15, 0.2) is 6.07 Å². The molecule has 1 aliphatic rings. The number of carbonyl (C=O) groups is 2. The Morgan fingerprint density at radius 2 is 2.05 bits per heavy atom. The van der Waals surface area contributed by atoms with E-state index in [4.69, 9.17) is 0 Å². The molecule has 0 saturated carbocycles. The van der Waals surface area contributed by atoms with Crippen molar-refractivity contribution in [2.45, 2.75) is 26.7 Å². The maximum absolute atomic E-state index is 12.5. The number of aryl methyl sites for hydroxylation is 1. The van der Waals surface area contributed by atoms with Gasteiger partial charge in [-0.05, 0) is 13.3 Å². The van der Waals surface area contributed by atoms with E-state index in [2.05, 4.69) is 22.2 Å². The largest absolute Gasteiger partial charge is 0.370 e. The van der Waals surface area contributed by atoms with Gasteiger partial charge < -0.3 is 15.1 Å².